The standard InChI is InChI=1S/C17H21N5.C7H11FS/c1-17(2)7-12(8-18-17)11-22-6-5-15-16(22)4-3-14(21-15)13-9-19-20-10-13;1-3-6(8)5-7(9)4-2/h3-6,9-10,12,18H,7-8,11H2,1-2H3,(H,19,20);4-5,9H,3H2,1-2H3/b;6-5+,7-4+. The van der Waals surface area contributed by atoms with Crippen molar-refractivity contribution in [2.24, 2.45) is 5.92 Å². The van der Waals surface area contributed by atoms with Gasteiger partial charge in [-0.25, -0.2) is 9.37 Å². The first kappa shape index (κ1) is 23.3. The molecule has 3 aromatic heterocycles. The second kappa shape index (κ2) is 10.3. The zero-order chi connectivity index (χ0) is 22.4. The van der Waals surface area contributed by atoms with E-state index < -0.39 is 0 Å². The van der Waals surface area contributed by atoms with Crippen LogP contribution in [0.2, 0.25) is 0 Å². The Morgan fingerprint density at radius 2 is 2.16 bits per heavy atom. The van der Waals surface area contributed by atoms with Crippen molar-refractivity contribution in [3.63, 3.8) is 0 Å². The Hall–Kier alpha value is -2.38. The number of thiol groups is 1. The third-order valence-electron chi connectivity index (χ3n) is 5.48. The number of aromatic nitrogens is 4. The number of pyridine rings is 1. The fraction of sp³-hybridized carbons (Fsp3) is 0.417. The maximum atomic E-state index is 12.3. The van der Waals surface area contributed by atoms with Crippen molar-refractivity contribution in [2.45, 2.75) is 52.6 Å². The highest BCUT2D eigenvalue weighted by molar-refractivity contribution is 7.84. The second-order valence-electron chi connectivity index (χ2n) is 8.55. The lowest BCUT2D eigenvalue weighted by Gasteiger charge is -2.17. The first-order valence-corrected chi connectivity index (χ1v) is 11.2. The minimum absolute atomic E-state index is 0.127. The van der Waals surface area contributed by atoms with E-state index in [9.17, 15) is 4.39 Å². The van der Waals surface area contributed by atoms with Gasteiger partial charge >= 0.3 is 0 Å². The van der Waals surface area contributed by atoms with Crippen LogP contribution in [0.3, 0.4) is 0 Å². The Labute approximate surface area is 189 Å². The molecule has 2 N–H and O–H groups in total. The topological polar surface area (TPSA) is 58.5 Å². The number of H-pyrrole nitrogens is 1. The van der Waals surface area contributed by atoms with E-state index in [4.69, 9.17) is 4.98 Å². The fourth-order valence-electron chi connectivity index (χ4n) is 3.82. The average Bonchev–Trinajstić information content (AvgIpc) is 3.49. The number of allylic oxidation sites excluding steroid dienone is 3. The van der Waals surface area contributed by atoms with E-state index in [1.165, 1.54) is 18.0 Å². The number of aromatic amines is 1. The highest BCUT2D eigenvalue weighted by Gasteiger charge is 2.30. The van der Waals surface area contributed by atoms with Crippen LogP contribution in [0.1, 0.15) is 40.5 Å². The molecule has 0 spiro atoms. The van der Waals surface area contributed by atoms with E-state index in [0.29, 0.717) is 17.2 Å². The van der Waals surface area contributed by atoms with Gasteiger partial charge in [0.15, 0.2) is 0 Å². The number of hydrogen-bond acceptors (Lipinski definition) is 4. The molecule has 0 bridgehead atoms. The predicted molar refractivity (Wildman–Crippen MR) is 130 cm³/mol. The van der Waals surface area contributed by atoms with Crippen molar-refractivity contribution in [2.75, 3.05) is 6.54 Å². The summed E-state index contributed by atoms with van der Waals surface area (Å²) in [6.45, 7) is 10.3. The van der Waals surface area contributed by atoms with E-state index in [-0.39, 0.29) is 11.4 Å². The first-order chi connectivity index (χ1) is 14.8. The Morgan fingerprint density at radius 1 is 1.35 bits per heavy atom. The molecule has 1 saturated heterocycles. The summed E-state index contributed by atoms with van der Waals surface area (Å²) in [5.74, 6) is 0.553. The summed E-state index contributed by atoms with van der Waals surface area (Å²) < 4.78 is 14.7. The van der Waals surface area contributed by atoms with Crippen LogP contribution in [0.5, 0.6) is 0 Å². The number of nitrogens with zero attached hydrogens (tertiary/aromatic N) is 3. The normalized spacial score (nSPS) is 18.8. The molecular weight excluding hydrogens is 409 g/mol. The van der Waals surface area contributed by atoms with Crippen LogP contribution in [0.15, 0.2) is 59.7 Å². The smallest absolute Gasteiger partial charge is 0.101 e. The van der Waals surface area contributed by atoms with Gasteiger partial charge in [0.1, 0.15) is 5.83 Å². The summed E-state index contributed by atoms with van der Waals surface area (Å²) in [6, 6.07) is 6.34. The Kier molecular flexibility index (Phi) is 7.73. The third-order valence-corrected chi connectivity index (χ3v) is 5.87. The summed E-state index contributed by atoms with van der Waals surface area (Å²) in [7, 11) is 0. The maximum absolute atomic E-state index is 12.3. The highest BCUT2D eigenvalue weighted by Crippen LogP contribution is 2.27. The van der Waals surface area contributed by atoms with Crippen LogP contribution < -0.4 is 5.32 Å². The largest absolute Gasteiger partial charge is 0.346 e. The molecule has 1 aliphatic rings. The molecule has 0 radical (unpaired) electrons. The Morgan fingerprint density at radius 3 is 2.77 bits per heavy atom. The molecule has 0 aromatic carbocycles. The molecule has 166 valence electrons. The molecule has 0 aliphatic carbocycles. The number of hydrogen-bond donors (Lipinski definition) is 3. The van der Waals surface area contributed by atoms with Crippen LogP contribution in [-0.4, -0.2) is 31.8 Å². The molecular formula is C24H32FN5S. The molecule has 4 heterocycles. The van der Waals surface area contributed by atoms with Gasteiger partial charge in [0.25, 0.3) is 0 Å². The first-order valence-electron chi connectivity index (χ1n) is 10.7. The zero-order valence-corrected chi connectivity index (χ0v) is 19.6. The monoisotopic (exact) mass is 441 g/mol. The second-order valence-corrected chi connectivity index (χ2v) is 9.07. The van der Waals surface area contributed by atoms with E-state index in [1.54, 1.807) is 19.2 Å². The summed E-state index contributed by atoms with van der Waals surface area (Å²) in [4.78, 5) is 5.42. The lowest BCUT2D eigenvalue weighted by molar-refractivity contribution is 0.421. The fourth-order valence-corrected chi connectivity index (χ4v) is 3.96. The third kappa shape index (κ3) is 6.31. The molecule has 4 rings (SSSR count). The van der Waals surface area contributed by atoms with Gasteiger partial charge in [0.05, 0.1) is 22.9 Å². The number of fused-ring (bicyclic) bond motifs is 1. The van der Waals surface area contributed by atoms with Crippen molar-refractivity contribution in [1.82, 2.24) is 25.1 Å². The molecule has 31 heavy (non-hydrogen) atoms. The summed E-state index contributed by atoms with van der Waals surface area (Å²) >= 11 is 3.97. The molecule has 3 aromatic rings. The molecule has 0 amide bonds. The van der Waals surface area contributed by atoms with Gasteiger partial charge in [-0.3, -0.25) is 5.10 Å². The molecule has 1 aliphatic heterocycles. The van der Waals surface area contributed by atoms with Gasteiger partial charge in [-0.15, -0.1) is 12.6 Å². The van der Waals surface area contributed by atoms with Gasteiger partial charge in [0.2, 0.25) is 0 Å². The van der Waals surface area contributed by atoms with Crippen LogP contribution in [0.25, 0.3) is 22.3 Å². The summed E-state index contributed by atoms with van der Waals surface area (Å²) in [5.41, 5.74) is 4.50. The maximum Gasteiger partial charge on any atom is 0.101 e. The molecule has 1 atom stereocenters. The lowest BCUT2D eigenvalue weighted by Crippen LogP contribution is -2.31. The van der Waals surface area contributed by atoms with Crippen molar-refractivity contribution >= 4 is 23.7 Å². The van der Waals surface area contributed by atoms with Crippen molar-refractivity contribution in [1.29, 1.82) is 0 Å². The van der Waals surface area contributed by atoms with E-state index in [1.807, 2.05) is 13.1 Å². The average molecular weight is 442 g/mol. The summed E-state index contributed by atoms with van der Waals surface area (Å²) in [5, 5.41) is 10.4. The SMILES string of the molecule is C/C=C(S)\C=C(\F)CC.CC1(C)CC(Cn2ccc3nc(-c4cn[nH]c4)ccc32)CN1. The van der Waals surface area contributed by atoms with Crippen molar-refractivity contribution in [3.05, 3.63) is 59.7 Å². The molecule has 0 saturated carbocycles. The van der Waals surface area contributed by atoms with Crippen molar-refractivity contribution in [3.8, 4) is 11.3 Å². The van der Waals surface area contributed by atoms with Gasteiger partial charge in [-0.05, 0) is 63.8 Å². The van der Waals surface area contributed by atoms with Crippen LogP contribution >= 0.6 is 12.6 Å². The molecule has 5 nitrogen and oxygen atoms in total. The minimum atomic E-state index is -0.127. The van der Waals surface area contributed by atoms with Gasteiger partial charge < -0.3 is 9.88 Å². The van der Waals surface area contributed by atoms with Gasteiger partial charge in [-0.1, -0.05) is 13.0 Å². The number of rotatable bonds is 5. The molecule has 1 unspecified atom stereocenters. The van der Waals surface area contributed by atoms with Crippen LogP contribution in [0, 0.1) is 5.92 Å². The number of halogens is 1. The minimum Gasteiger partial charge on any atom is -0.346 e. The predicted octanol–water partition coefficient (Wildman–Crippen LogP) is 5.90. The van der Waals surface area contributed by atoms with Gasteiger partial charge in [-0.2, -0.15) is 5.10 Å². The van der Waals surface area contributed by atoms with Crippen LogP contribution in [0.4, 0.5) is 4.39 Å². The highest BCUT2D eigenvalue weighted by atomic mass is 32.1. The summed E-state index contributed by atoms with van der Waals surface area (Å²) in [6.07, 6.45) is 10.7. The van der Waals surface area contributed by atoms with E-state index in [2.05, 4.69) is 71.0 Å². The van der Waals surface area contributed by atoms with Gasteiger partial charge in [0, 0.05) is 41.5 Å². The molecule has 7 heteroatoms. The Balaban J connectivity index is 0.000000259. The lowest BCUT2D eigenvalue weighted by atomic mass is 9.97. The quantitative estimate of drug-likeness (QED) is 0.341. The van der Waals surface area contributed by atoms with E-state index >= 15 is 0 Å². The Bertz CT molecular complexity index is 1050. The molecule has 1 fully saturated rings. The van der Waals surface area contributed by atoms with Crippen molar-refractivity contribution < 1.29 is 4.39 Å². The number of nitrogens with one attached hydrogen (secondary N) is 2. The zero-order valence-electron chi connectivity index (χ0n) is 18.7. The van der Waals surface area contributed by atoms with Crippen LogP contribution in [-0.2, 0) is 6.54 Å². The van der Waals surface area contributed by atoms with E-state index in [0.717, 1.165) is 29.9 Å².